The number of methoxy groups -OCH3 is 1. The molecular formula is C9H18Ac3O5S. The molecule has 5 nitrogen and oxygen atoms in total. The Morgan fingerprint density at radius 2 is 1.72 bits per heavy atom. The maximum absolute atomic E-state index is 9.83. The summed E-state index contributed by atoms with van der Waals surface area (Å²) in [5, 5.41) is 28.6. The van der Waals surface area contributed by atoms with Crippen LogP contribution in [-0.2, 0) is 9.47 Å². The van der Waals surface area contributed by atoms with E-state index in [2.05, 4.69) is 0 Å². The molecule has 0 bridgehead atoms. The minimum absolute atomic E-state index is 0. The Morgan fingerprint density at radius 1 is 1.17 bits per heavy atom. The van der Waals surface area contributed by atoms with E-state index < -0.39 is 29.9 Å². The smallest absolute Gasteiger partial charge is 0.132 e. The van der Waals surface area contributed by atoms with Crippen molar-refractivity contribution in [1.29, 1.82) is 0 Å². The number of hydrogen-bond donors (Lipinski definition) is 3. The van der Waals surface area contributed by atoms with E-state index in [1.165, 1.54) is 18.9 Å². The number of aliphatic hydroxyl groups excluding tert-OH is 3. The zero-order chi connectivity index (χ0) is 11.4. The second kappa shape index (κ2) is 15.0. The van der Waals surface area contributed by atoms with Crippen molar-refractivity contribution in [2.45, 2.75) is 36.8 Å². The van der Waals surface area contributed by atoms with Gasteiger partial charge in [-0.1, -0.05) is 6.92 Å². The van der Waals surface area contributed by atoms with Crippen LogP contribution in [0.25, 0.3) is 0 Å². The molecule has 2 unspecified atom stereocenters. The molecule has 0 amide bonds. The Hall–Kier alpha value is 4.47. The summed E-state index contributed by atoms with van der Waals surface area (Å²) in [5.74, 6) is 0.784. The molecule has 3 radical (unpaired) electrons. The van der Waals surface area contributed by atoms with Gasteiger partial charge < -0.3 is 24.8 Å². The summed E-state index contributed by atoms with van der Waals surface area (Å²) in [6.45, 7) is 1.66. The first-order valence-corrected chi connectivity index (χ1v) is 5.97. The minimum Gasteiger partial charge on any atom is -0.394 e. The van der Waals surface area contributed by atoms with Gasteiger partial charge in [-0.25, -0.2) is 0 Å². The molecule has 9 heteroatoms. The van der Waals surface area contributed by atoms with E-state index in [-0.39, 0.29) is 139 Å². The Morgan fingerprint density at radius 3 is 2.11 bits per heavy atom. The fourth-order valence-corrected chi connectivity index (χ4v) is 2.54. The molecule has 0 saturated carbocycles. The van der Waals surface area contributed by atoms with Crippen LogP contribution in [0.2, 0.25) is 0 Å². The van der Waals surface area contributed by atoms with Crippen molar-refractivity contribution in [2.75, 3.05) is 19.5 Å². The van der Waals surface area contributed by atoms with Crippen LogP contribution in [0.3, 0.4) is 0 Å². The monoisotopic (exact) mass is 919 g/mol. The van der Waals surface area contributed by atoms with Gasteiger partial charge in [0.2, 0.25) is 0 Å². The summed E-state index contributed by atoms with van der Waals surface area (Å²) in [6.07, 6.45) is -3.27. The second-order valence-electron chi connectivity index (χ2n) is 3.36. The van der Waals surface area contributed by atoms with Crippen molar-refractivity contribution in [3.8, 4) is 0 Å². The standard InChI is InChI=1S/C9H18O5S.3Ac/c1-3-15-9-7(12)8(13-2)6(11)5(4-10)14-9;;;/h5-12H,3-4H2,1-2H3;;;/t5?,6-,7?,8-,9-;;;/m0.../s1. The van der Waals surface area contributed by atoms with Gasteiger partial charge in [-0.2, -0.15) is 0 Å². The molecule has 5 atom stereocenters. The topological polar surface area (TPSA) is 79.2 Å². The van der Waals surface area contributed by atoms with Crippen molar-refractivity contribution in [2.24, 2.45) is 0 Å². The maximum Gasteiger partial charge on any atom is 0.132 e. The van der Waals surface area contributed by atoms with Crippen LogP contribution in [0.5, 0.6) is 0 Å². The van der Waals surface area contributed by atoms with Crippen molar-refractivity contribution in [1.82, 2.24) is 0 Å². The van der Waals surface area contributed by atoms with E-state index >= 15 is 0 Å². The van der Waals surface area contributed by atoms with Gasteiger partial charge in [0.05, 0.1) is 6.61 Å². The zero-order valence-corrected chi connectivity index (χ0v) is 25.7. The first-order valence-electron chi connectivity index (χ1n) is 4.92. The summed E-state index contributed by atoms with van der Waals surface area (Å²) in [6, 6.07) is 0. The molecule has 0 aromatic rings. The Labute approximate surface area is 220 Å². The van der Waals surface area contributed by atoms with Crippen LogP contribution in [0.1, 0.15) is 6.92 Å². The molecule has 99 valence electrons. The summed E-state index contributed by atoms with van der Waals surface area (Å²) in [4.78, 5) is 0. The predicted molar refractivity (Wildman–Crippen MR) is 56.7 cm³/mol. The largest absolute Gasteiger partial charge is 0.394 e. The minimum atomic E-state index is -0.997. The van der Waals surface area contributed by atoms with Crippen LogP contribution in [-0.4, -0.2) is 64.6 Å². The van der Waals surface area contributed by atoms with Crippen LogP contribution in [0.4, 0.5) is 0 Å². The maximum atomic E-state index is 9.83. The molecule has 0 aliphatic carbocycles. The Balaban J connectivity index is -0.000000750. The average Bonchev–Trinajstić information content (AvgIpc) is 2.23. The van der Waals surface area contributed by atoms with Gasteiger partial charge in [-0.05, 0) is 5.75 Å². The summed E-state index contributed by atoms with van der Waals surface area (Å²) in [5.41, 5.74) is -0.458. The third-order valence-electron chi connectivity index (χ3n) is 2.42. The van der Waals surface area contributed by atoms with Gasteiger partial charge in [0, 0.05) is 139 Å². The van der Waals surface area contributed by atoms with E-state index in [9.17, 15) is 10.2 Å². The van der Waals surface area contributed by atoms with Crippen molar-refractivity contribution in [3.05, 3.63) is 0 Å². The molecule has 0 aromatic carbocycles. The van der Waals surface area contributed by atoms with Gasteiger partial charge in [-0.3, -0.25) is 0 Å². The molecule has 1 aliphatic heterocycles. The molecule has 1 aliphatic rings. The number of rotatable bonds is 4. The fraction of sp³-hybridized carbons (Fsp3) is 1.00. The third-order valence-corrected chi connectivity index (χ3v) is 3.48. The van der Waals surface area contributed by atoms with Gasteiger partial charge in [0.25, 0.3) is 0 Å². The van der Waals surface area contributed by atoms with Crippen molar-refractivity contribution in [3.63, 3.8) is 0 Å². The number of hydrogen-bond acceptors (Lipinski definition) is 6. The molecular weight excluding hydrogens is 901 g/mol. The summed E-state index contributed by atoms with van der Waals surface area (Å²) >= 11 is 1.43. The van der Waals surface area contributed by atoms with E-state index in [1.54, 1.807) is 0 Å². The molecule has 1 heterocycles. The first-order chi connectivity index (χ1) is 7.15. The average molecular weight is 919 g/mol. The zero-order valence-electron chi connectivity index (χ0n) is 10.6. The van der Waals surface area contributed by atoms with Crippen LogP contribution in [0.15, 0.2) is 0 Å². The van der Waals surface area contributed by atoms with E-state index in [4.69, 9.17) is 14.6 Å². The Bertz CT molecular complexity index is 203. The van der Waals surface area contributed by atoms with E-state index in [0.717, 1.165) is 5.75 Å². The molecule has 18 heavy (non-hydrogen) atoms. The van der Waals surface area contributed by atoms with Crippen molar-refractivity contribution >= 4 is 11.8 Å². The molecule has 0 spiro atoms. The first kappa shape index (κ1) is 27.3. The molecule has 1 saturated heterocycles. The second-order valence-corrected chi connectivity index (χ2v) is 4.74. The van der Waals surface area contributed by atoms with Crippen LogP contribution < -0.4 is 0 Å². The number of thioether (sulfide) groups is 1. The predicted octanol–water partition coefficient (Wildman–Crippen LogP) is -0.807. The van der Waals surface area contributed by atoms with Gasteiger partial charge in [0.1, 0.15) is 29.9 Å². The van der Waals surface area contributed by atoms with Crippen LogP contribution >= 0.6 is 11.8 Å². The van der Waals surface area contributed by atoms with Gasteiger partial charge in [-0.15, -0.1) is 11.8 Å². The quantitative estimate of drug-likeness (QED) is 0.343. The van der Waals surface area contributed by atoms with Gasteiger partial charge >= 0.3 is 0 Å². The SMILES string of the molecule is CCS[C@@H]1OC(CO)[C@H](O)[C@H](OC)C1O.[Ac].[Ac].[Ac]. The summed E-state index contributed by atoms with van der Waals surface area (Å²) < 4.78 is 10.4. The Kier molecular flexibility index (Phi) is 22.8. The molecule has 1 fully saturated rings. The van der Waals surface area contributed by atoms with Gasteiger partial charge in [0.15, 0.2) is 0 Å². The van der Waals surface area contributed by atoms with E-state index in [1.807, 2.05) is 6.92 Å². The summed E-state index contributed by atoms with van der Waals surface area (Å²) in [7, 11) is 1.42. The van der Waals surface area contributed by atoms with E-state index in [0.29, 0.717) is 0 Å². The third kappa shape index (κ3) is 7.84. The molecule has 0 aromatic heterocycles. The normalized spacial score (nSPS) is 34.8. The molecule has 3 N–H and O–H groups in total. The fourth-order valence-electron chi connectivity index (χ4n) is 1.63. The van der Waals surface area contributed by atoms with Crippen molar-refractivity contribution < 1.29 is 157 Å². The number of aliphatic hydroxyl groups is 3. The van der Waals surface area contributed by atoms with Crippen LogP contribution in [0, 0.1) is 132 Å². The number of ether oxygens (including phenoxy) is 2. The molecule has 1 rings (SSSR count).